The summed E-state index contributed by atoms with van der Waals surface area (Å²) in [6.45, 7) is 10.5. The van der Waals surface area contributed by atoms with E-state index < -0.39 is 0 Å². The molecule has 1 aliphatic rings. The summed E-state index contributed by atoms with van der Waals surface area (Å²) in [5, 5.41) is 0. The highest BCUT2D eigenvalue weighted by Gasteiger charge is 2.20. The van der Waals surface area contributed by atoms with Gasteiger partial charge in [0.2, 0.25) is 0 Å². The third-order valence-electron chi connectivity index (χ3n) is 2.33. The molecule has 0 aromatic carbocycles. The fraction of sp³-hybridized carbons (Fsp3) is 1.00. The maximum absolute atomic E-state index is 5.83. The molecule has 1 rings (SSSR count). The van der Waals surface area contributed by atoms with Crippen LogP contribution in [0, 0.1) is 5.41 Å². The van der Waals surface area contributed by atoms with Crippen LogP contribution >= 0.6 is 24.8 Å². The summed E-state index contributed by atoms with van der Waals surface area (Å²) in [6, 6.07) is 0.459. The minimum atomic E-state index is 0. The van der Waals surface area contributed by atoms with Crippen molar-refractivity contribution in [2.24, 2.45) is 11.1 Å². The fourth-order valence-corrected chi connectivity index (χ4v) is 1.78. The van der Waals surface area contributed by atoms with E-state index in [1.165, 1.54) is 32.5 Å². The van der Waals surface area contributed by atoms with Crippen LogP contribution in [0.4, 0.5) is 0 Å². The highest BCUT2D eigenvalue weighted by atomic mass is 35.5. The zero-order valence-corrected chi connectivity index (χ0v) is 11.1. The van der Waals surface area contributed by atoms with E-state index in [0.29, 0.717) is 11.5 Å². The molecule has 0 aromatic rings. The summed E-state index contributed by atoms with van der Waals surface area (Å²) in [7, 11) is 0. The highest BCUT2D eigenvalue weighted by molar-refractivity contribution is 5.85. The van der Waals surface area contributed by atoms with E-state index in [2.05, 4.69) is 25.7 Å². The lowest BCUT2D eigenvalue weighted by molar-refractivity contribution is 0.155. The predicted octanol–water partition coefficient (Wildman–Crippen LogP) is 2.30. The Morgan fingerprint density at radius 1 is 1.14 bits per heavy atom. The van der Waals surface area contributed by atoms with E-state index in [1.807, 2.05) is 0 Å². The lowest BCUT2D eigenvalue weighted by Gasteiger charge is -2.34. The van der Waals surface area contributed by atoms with E-state index >= 15 is 0 Å². The number of nitrogens with zero attached hydrogens (tertiary/aromatic N) is 1. The Balaban J connectivity index is 0. The first kappa shape index (κ1) is 16.9. The van der Waals surface area contributed by atoms with E-state index in [-0.39, 0.29) is 24.8 Å². The lowest BCUT2D eigenvalue weighted by atomic mass is 9.94. The second-order valence-electron chi connectivity index (χ2n) is 5.17. The topological polar surface area (TPSA) is 29.3 Å². The van der Waals surface area contributed by atoms with Crippen LogP contribution < -0.4 is 5.73 Å². The smallest absolute Gasteiger partial charge is 0.00631 e. The van der Waals surface area contributed by atoms with Gasteiger partial charge < -0.3 is 10.6 Å². The SMILES string of the molecule is CC(C)(C)CN1CCC(N)CC1.Cl.Cl. The molecule has 1 aliphatic heterocycles. The van der Waals surface area contributed by atoms with Crippen LogP contribution in [0.25, 0.3) is 0 Å². The van der Waals surface area contributed by atoms with E-state index in [0.717, 1.165) is 0 Å². The second kappa shape index (κ2) is 6.89. The zero-order chi connectivity index (χ0) is 9.19. The van der Waals surface area contributed by atoms with Gasteiger partial charge >= 0.3 is 0 Å². The van der Waals surface area contributed by atoms with Gasteiger partial charge in [-0.15, -0.1) is 24.8 Å². The van der Waals surface area contributed by atoms with Gasteiger partial charge in [-0.1, -0.05) is 20.8 Å². The van der Waals surface area contributed by atoms with E-state index in [1.54, 1.807) is 0 Å². The molecule has 2 nitrogen and oxygen atoms in total. The highest BCUT2D eigenvalue weighted by Crippen LogP contribution is 2.18. The van der Waals surface area contributed by atoms with Crippen molar-refractivity contribution < 1.29 is 0 Å². The van der Waals surface area contributed by atoms with Gasteiger partial charge in [-0.2, -0.15) is 0 Å². The van der Waals surface area contributed by atoms with E-state index in [9.17, 15) is 0 Å². The molecule has 1 saturated heterocycles. The quantitative estimate of drug-likeness (QED) is 0.765. The number of hydrogen-bond acceptors (Lipinski definition) is 2. The molecule has 14 heavy (non-hydrogen) atoms. The number of piperidine rings is 1. The minimum absolute atomic E-state index is 0. The van der Waals surface area contributed by atoms with Gasteiger partial charge in [-0.05, 0) is 31.3 Å². The Labute approximate surface area is 100 Å². The van der Waals surface area contributed by atoms with Gasteiger partial charge in [0.25, 0.3) is 0 Å². The number of likely N-dealkylation sites (tertiary alicyclic amines) is 1. The van der Waals surface area contributed by atoms with Crippen molar-refractivity contribution in [2.45, 2.75) is 39.7 Å². The average molecular weight is 243 g/mol. The van der Waals surface area contributed by atoms with Crippen molar-refractivity contribution in [1.82, 2.24) is 4.90 Å². The summed E-state index contributed by atoms with van der Waals surface area (Å²) < 4.78 is 0. The predicted molar refractivity (Wildman–Crippen MR) is 67.6 cm³/mol. The molecule has 1 fully saturated rings. The van der Waals surface area contributed by atoms with Gasteiger partial charge in [0, 0.05) is 12.6 Å². The molecule has 4 heteroatoms. The molecule has 0 spiro atoms. The summed E-state index contributed by atoms with van der Waals surface area (Å²) >= 11 is 0. The third kappa shape index (κ3) is 6.88. The van der Waals surface area contributed by atoms with Crippen molar-refractivity contribution in [3.05, 3.63) is 0 Å². The summed E-state index contributed by atoms with van der Waals surface area (Å²) in [6.07, 6.45) is 2.35. The minimum Gasteiger partial charge on any atom is -0.328 e. The van der Waals surface area contributed by atoms with Crippen molar-refractivity contribution in [1.29, 1.82) is 0 Å². The maximum Gasteiger partial charge on any atom is 0.00631 e. The molecule has 1 heterocycles. The van der Waals surface area contributed by atoms with Gasteiger partial charge in [0.1, 0.15) is 0 Å². The van der Waals surface area contributed by atoms with Crippen LogP contribution in [0.1, 0.15) is 33.6 Å². The molecule has 0 aromatic heterocycles. The Bertz CT molecular complexity index is 138. The van der Waals surface area contributed by atoms with Gasteiger partial charge in [-0.25, -0.2) is 0 Å². The number of rotatable bonds is 1. The summed E-state index contributed by atoms with van der Waals surface area (Å²) in [5.74, 6) is 0. The molecule has 0 amide bonds. The van der Waals surface area contributed by atoms with Crippen LogP contribution in [-0.4, -0.2) is 30.6 Å². The summed E-state index contributed by atoms with van der Waals surface area (Å²) in [4.78, 5) is 2.53. The first-order valence-electron chi connectivity index (χ1n) is 4.95. The average Bonchev–Trinajstić information content (AvgIpc) is 1.91. The Morgan fingerprint density at radius 3 is 1.93 bits per heavy atom. The summed E-state index contributed by atoms with van der Waals surface area (Å²) in [5.41, 5.74) is 6.27. The first-order valence-corrected chi connectivity index (χ1v) is 4.95. The van der Waals surface area contributed by atoms with Gasteiger partial charge in [-0.3, -0.25) is 0 Å². The molecule has 0 bridgehead atoms. The molecule has 0 aliphatic carbocycles. The molecular weight excluding hydrogens is 219 g/mol. The van der Waals surface area contributed by atoms with Crippen molar-refractivity contribution >= 4 is 24.8 Å². The Hall–Kier alpha value is 0.500. The Morgan fingerprint density at radius 2 is 1.57 bits per heavy atom. The van der Waals surface area contributed by atoms with Crippen LogP contribution in [0.3, 0.4) is 0 Å². The van der Waals surface area contributed by atoms with Gasteiger partial charge in [0.05, 0.1) is 0 Å². The zero-order valence-electron chi connectivity index (χ0n) is 9.45. The largest absolute Gasteiger partial charge is 0.328 e. The molecule has 2 N–H and O–H groups in total. The van der Waals surface area contributed by atoms with Crippen LogP contribution in [0.15, 0.2) is 0 Å². The number of hydrogen-bond donors (Lipinski definition) is 1. The Kier molecular flexibility index (Phi) is 8.32. The maximum atomic E-state index is 5.83. The van der Waals surface area contributed by atoms with Crippen molar-refractivity contribution in [3.8, 4) is 0 Å². The molecule has 0 atom stereocenters. The van der Waals surface area contributed by atoms with Crippen LogP contribution in [-0.2, 0) is 0 Å². The molecule has 0 unspecified atom stereocenters. The van der Waals surface area contributed by atoms with Crippen molar-refractivity contribution in [2.75, 3.05) is 19.6 Å². The van der Waals surface area contributed by atoms with E-state index in [4.69, 9.17) is 5.73 Å². The third-order valence-corrected chi connectivity index (χ3v) is 2.33. The van der Waals surface area contributed by atoms with Gasteiger partial charge in [0.15, 0.2) is 0 Å². The molecular formula is C10H24Cl2N2. The van der Waals surface area contributed by atoms with Crippen molar-refractivity contribution in [3.63, 3.8) is 0 Å². The lowest BCUT2D eigenvalue weighted by Crippen LogP contribution is -2.43. The second-order valence-corrected chi connectivity index (χ2v) is 5.17. The number of nitrogens with two attached hydrogens (primary N) is 1. The molecule has 0 saturated carbocycles. The standard InChI is InChI=1S/C10H22N2.2ClH/c1-10(2,3)8-12-6-4-9(11)5-7-12;;/h9H,4-8,11H2,1-3H3;2*1H. The fourth-order valence-electron chi connectivity index (χ4n) is 1.78. The van der Waals surface area contributed by atoms with Crippen LogP contribution in [0.2, 0.25) is 0 Å². The molecule has 88 valence electrons. The monoisotopic (exact) mass is 242 g/mol. The first-order chi connectivity index (χ1) is 5.47. The normalized spacial score (nSPS) is 19.7. The number of halogens is 2. The van der Waals surface area contributed by atoms with Crippen LogP contribution in [0.5, 0.6) is 0 Å². The molecule has 0 radical (unpaired) electrons.